The molecule has 5 heteroatoms. The molecule has 0 amide bonds. The molecule has 1 heterocycles. The maximum absolute atomic E-state index is 16.0. The van der Waals surface area contributed by atoms with Crippen molar-refractivity contribution in [3.63, 3.8) is 0 Å². The minimum Gasteiger partial charge on any atom is -0.208 e. The number of benzene rings is 7. The monoisotopic (exact) mass is 609 g/mol. The van der Waals surface area contributed by atoms with Gasteiger partial charge in [0.05, 0.1) is 0 Å². The van der Waals surface area contributed by atoms with Crippen LogP contribution in [0.5, 0.6) is 0 Å². The van der Waals surface area contributed by atoms with Crippen molar-refractivity contribution in [1.82, 2.24) is 15.0 Å². The fourth-order valence-electron chi connectivity index (χ4n) is 6.78. The van der Waals surface area contributed by atoms with Crippen molar-refractivity contribution in [3.8, 4) is 56.4 Å². The molecule has 9 rings (SSSR count). The highest BCUT2D eigenvalue weighted by Gasteiger charge is 2.44. The molecule has 0 fully saturated rings. The van der Waals surface area contributed by atoms with E-state index < -0.39 is 5.92 Å². The van der Waals surface area contributed by atoms with Crippen molar-refractivity contribution in [1.29, 1.82) is 0 Å². The van der Waals surface area contributed by atoms with Crippen LogP contribution in [0.4, 0.5) is 8.78 Å². The Labute approximate surface area is 269 Å². The van der Waals surface area contributed by atoms with Crippen LogP contribution < -0.4 is 0 Å². The molecule has 8 aromatic rings. The Morgan fingerprint density at radius 3 is 1.34 bits per heavy atom. The highest BCUT2D eigenvalue weighted by Crippen LogP contribution is 2.53. The number of hydrogen-bond donors (Lipinski definition) is 0. The molecule has 0 radical (unpaired) electrons. The summed E-state index contributed by atoms with van der Waals surface area (Å²) in [6.45, 7) is 0. The number of nitrogens with zero attached hydrogens (tertiary/aromatic N) is 3. The maximum atomic E-state index is 16.0. The van der Waals surface area contributed by atoms with E-state index in [4.69, 9.17) is 15.0 Å². The normalized spacial score (nSPS) is 13.1. The SMILES string of the molecule is FC1(F)c2ccc(-c3nc(-c4ccccc4)nc(-c4ccccc4)n3)cc2-c2cc(-c3c4ccccc4cc4ccccc34)ccc21. The number of hydrogen-bond acceptors (Lipinski definition) is 3. The van der Waals surface area contributed by atoms with Gasteiger partial charge in [-0.3, -0.25) is 0 Å². The van der Waals surface area contributed by atoms with Gasteiger partial charge in [-0.2, -0.15) is 8.78 Å². The Morgan fingerprint density at radius 1 is 0.383 bits per heavy atom. The van der Waals surface area contributed by atoms with Crippen molar-refractivity contribution in [3.05, 3.63) is 163 Å². The number of fused-ring (bicyclic) bond motifs is 5. The summed E-state index contributed by atoms with van der Waals surface area (Å²) < 4.78 is 32.1. The summed E-state index contributed by atoms with van der Waals surface area (Å²) in [6, 6.07) is 48.4. The third-order valence-electron chi connectivity index (χ3n) is 9.02. The molecule has 1 aliphatic rings. The topological polar surface area (TPSA) is 38.7 Å². The van der Waals surface area contributed by atoms with Crippen LogP contribution in [0.1, 0.15) is 11.1 Å². The van der Waals surface area contributed by atoms with E-state index >= 15 is 8.78 Å². The molecule has 7 aromatic carbocycles. The van der Waals surface area contributed by atoms with Crippen molar-refractivity contribution in [2.45, 2.75) is 5.92 Å². The molecule has 0 N–H and O–H groups in total. The lowest BCUT2D eigenvalue weighted by Crippen LogP contribution is -2.10. The van der Waals surface area contributed by atoms with Crippen LogP contribution in [0.2, 0.25) is 0 Å². The standard InChI is InChI=1S/C42H25F2N3/c43-42(44)36-21-19-30(38-32-17-9-7-15-28(32)23-29-16-8-10-18-33(29)38)24-34(36)35-25-31(20-22-37(35)42)41-46-39(26-11-3-1-4-12-26)45-40(47-41)27-13-5-2-6-14-27/h1-25H. The van der Waals surface area contributed by atoms with Gasteiger partial charge in [0.1, 0.15) is 0 Å². The first kappa shape index (κ1) is 27.3. The Morgan fingerprint density at radius 2 is 0.809 bits per heavy atom. The fourth-order valence-corrected chi connectivity index (χ4v) is 6.78. The second-order valence-electron chi connectivity index (χ2n) is 11.8. The Balaban J connectivity index is 1.24. The lowest BCUT2D eigenvalue weighted by Gasteiger charge is -2.15. The number of halogens is 2. The van der Waals surface area contributed by atoms with Gasteiger partial charge in [0.15, 0.2) is 17.5 Å². The third-order valence-corrected chi connectivity index (χ3v) is 9.02. The van der Waals surface area contributed by atoms with E-state index in [9.17, 15) is 0 Å². The predicted octanol–water partition coefficient (Wildman–Crippen LogP) is 11.0. The van der Waals surface area contributed by atoms with Gasteiger partial charge in [0.25, 0.3) is 5.92 Å². The second-order valence-corrected chi connectivity index (χ2v) is 11.8. The van der Waals surface area contributed by atoms with E-state index in [2.05, 4.69) is 30.3 Å². The average molecular weight is 610 g/mol. The van der Waals surface area contributed by atoms with Gasteiger partial charge >= 0.3 is 0 Å². The van der Waals surface area contributed by atoms with Gasteiger partial charge in [-0.1, -0.05) is 133 Å². The zero-order valence-corrected chi connectivity index (χ0v) is 25.0. The quantitative estimate of drug-likeness (QED) is 0.186. The van der Waals surface area contributed by atoms with Crippen molar-refractivity contribution in [2.24, 2.45) is 0 Å². The molecule has 0 atom stereocenters. The number of alkyl halides is 2. The first-order chi connectivity index (χ1) is 23.0. The zero-order valence-electron chi connectivity index (χ0n) is 25.0. The first-order valence-corrected chi connectivity index (χ1v) is 15.5. The Hall–Kier alpha value is -6.07. The van der Waals surface area contributed by atoms with E-state index in [0.29, 0.717) is 34.2 Å². The highest BCUT2D eigenvalue weighted by atomic mass is 19.3. The highest BCUT2D eigenvalue weighted by molar-refractivity contribution is 6.13. The van der Waals surface area contributed by atoms with Crippen LogP contribution in [0.25, 0.3) is 78.0 Å². The largest absolute Gasteiger partial charge is 0.299 e. The van der Waals surface area contributed by atoms with Crippen molar-refractivity contribution < 1.29 is 8.78 Å². The summed E-state index contributed by atoms with van der Waals surface area (Å²) in [5.74, 6) is -1.67. The molecule has 0 spiro atoms. The van der Waals surface area contributed by atoms with Crippen molar-refractivity contribution in [2.75, 3.05) is 0 Å². The molecule has 0 saturated carbocycles. The van der Waals surface area contributed by atoms with Gasteiger partial charge in [-0.05, 0) is 62.0 Å². The summed E-state index contributed by atoms with van der Waals surface area (Å²) in [7, 11) is 0. The zero-order chi connectivity index (χ0) is 31.5. The van der Waals surface area contributed by atoms with Crippen molar-refractivity contribution >= 4 is 21.5 Å². The Bertz CT molecular complexity index is 2380. The van der Waals surface area contributed by atoms with Gasteiger partial charge in [0.2, 0.25) is 0 Å². The maximum Gasteiger partial charge on any atom is 0.299 e. The predicted molar refractivity (Wildman–Crippen MR) is 185 cm³/mol. The van der Waals surface area contributed by atoms with Crippen LogP contribution in [-0.4, -0.2) is 15.0 Å². The van der Waals surface area contributed by atoms with E-state index in [1.54, 1.807) is 18.2 Å². The minimum absolute atomic E-state index is 0.00328. The Kier molecular flexibility index (Phi) is 6.09. The molecule has 47 heavy (non-hydrogen) atoms. The van der Waals surface area contributed by atoms with Crippen LogP contribution in [0.15, 0.2) is 152 Å². The molecule has 222 valence electrons. The van der Waals surface area contributed by atoms with E-state index in [1.807, 2.05) is 97.1 Å². The van der Waals surface area contributed by atoms with Crippen LogP contribution in [0, 0.1) is 0 Å². The van der Waals surface area contributed by atoms with Gasteiger partial charge in [-0.15, -0.1) is 0 Å². The fraction of sp³-hybridized carbons (Fsp3) is 0.0238. The molecule has 0 unspecified atom stereocenters. The molecule has 0 saturated heterocycles. The lowest BCUT2D eigenvalue weighted by molar-refractivity contribution is 0.0480. The van der Waals surface area contributed by atoms with E-state index in [0.717, 1.165) is 43.8 Å². The third kappa shape index (κ3) is 4.43. The van der Waals surface area contributed by atoms with Crippen LogP contribution in [-0.2, 0) is 5.92 Å². The second kappa shape index (κ2) is 10.5. The molecular formula is C42H25F2N3. The molecule has 0 aliphatic heterocycles. The summed E-state index contributed by atoms with van der Waals surface area (Å²) >= 11 is 0. The number of rotatable bonds is 4. The van der Waals surface area contributed by atoms with Gasteiger partial charge < -0.3 is 0 Å². The smallest absolute Gasteiger partial charge is 0.208 e. The molecule has 1 aromatic heterocycles. The summed E-state index contributed by atoms with van der Waals surface area (Å²) in [4.78, 5) is 14.5. The first-order valence-electron chi connectivity index (χ1n) is 15.5. The van der Waals surface area contributed by atoms with Crippen LogP contribution >= 0.6 is 0 Å². The summed E-state index contributed by atoms with van der Waals surface area (Å²) in [6.07, 6.45) is 0. The van der Waals surface area contributed by atoms with E-state index in [1.165, 1.54) is 6.07 Å². The summed E-state index contributed by atoms with van der Waals surface area (Å²) in [5.41, 5.74) is 5.25. The molecule has 0 bridgehead atoms. The molecular weight excluding hydrogens is 584 g/mol. The van der Waals surface area contributed by atoms with Gasteiger partial charge in [-0.25, -0.2) is 15.0 Å². The molecule has 3 nitrogen and oxygen atoms in total. The lowest BCUT2D eigenvalue weighted by atomic mass is 9.90. The van der Waals surface area contributed by atoms with Gasteiger partial charge in [0, 0.05) is 27.8 Å². The summed E-state index contributed by atoms with van der Waals surface area (Å²) in [5, 5.41) is 4.37. The molecule has 1 aliphatic carbocycles. The minimum atomic E-state index is -3.13. The number of aromatic nitrogens is 3. The van der Waals surface area contributed by atoms with Crippen LogP contribution in [0.3, 0.4) is 0 Å². The van der Waals surface area contributed by atoms with E-state index in [-0.39, 0.29) is 11.1 Å². The average Bonchev–Trinajstić information content (AvgIpc) is 3.36.